The van der Waals surface area contributed by atoms with Crippen LogP contribution in [0.1, 0.15) is 30.9 Å². The summed E-state index contributed by atoms with van der Waals surface area (Å²) in [7, 11) is 0. The highest BCUT2D eigenvalue weighted by Gasteiger charge is 2.24. The standard InChI is InChI=1S/C23H28N2O5/c1-2-3-14-24-21(26)17-29-22(27)20(15-18-10-6-4-7-11-18)25-23(28)30-16-19-12-8-5-9-13-19/h4-13,20H,2-3,14-17H2,1H3,(H,24,26)(H,25,28)/t20-/m0/s1. The lowest BCUT2D eigenvalue weighted by Gasteiger charge is -2.18. The first kappa shape index (κ1) is 22.9. The van der Waals surface area contributed by atoms with Gasteiger partial charge < -0.3 is 20.1 Å². The van der Waals surface area contributed by atoms with E-state index in [1.165, 1.54) is 0 Å². The summed E-state index contributed by atoms with van der Waals surface area (Å²) in [6.45, 7) is 2.24. The van der Waals surface area contributed by atoms with E-state index in [9.17, 15) is 14.4 Å². The topological polar surface area (TPSA) is 93.7 Å². The van der Waals surface area contributed by atoms with Crippen LogP contribution < -0.4 is 10.6 Å². The van der Waals surface area contributed by atoms with E-state index >= 15 is 0 Å². The summed E-state index contributed by atoms with van der Waals surface area (Å²) < 4.78 is 10.3. The van der Waals surface area contributed by atoms with Crippen molar-refractivity contribution in [1.82, 2.24) is 10.6 Å². The van der Waals surface area contributed by atoms with Crippen molar-refractivity contribution in [3.05, 3.63) is 71.8 Å². The Bertz CT molecular complexity index is 796. The molecule has 2 aromatic rings. The summed E-state index contributed by atoms with van der Waals surface area (Å²) >= 11 is 0. The Morgan fingerprint density at radius 3 is 2.17 bits per heavy atom. The molecule has 7 heteroatoms. The molecule has 0 aliphatic heterocycles. The first-order chi connectivity index (χ1) is 14.6. The quantitative estimate of drug-likeness (QED) is 0.437. The van der Waals surface area contributed by atoms with Crippen molar-refractivity contribution >= 4 is 18.0 Å². The second kappa shape index (κ2) is 13.0. The zero-order chi connectivity index (χ0) is 21.6. The number of rotatable bonds is 11. The van der Waals surface area contributed by atoms with E-state index in [-0.39, 0.29) is 18.9 Å². The van der Waals surface area contributed by atoms with Crippen LogP contribution >= 0.6 is 0 Å². The number of benzene rings is 2. The minimum absolute atomic E-state index is 0.0829. The zero-order valence-corrected chi connectivity index (χ0v) is 17.1. The van der Waals surface area contributed by atoms with E-state index in [0.29, 0.717) is 6.54 Å². The van der Waals surface area contributed by atoms with Crippen LogP contribution in [0.15, 0.2) is 60.7 Å². The summed E-state index contributed by atoms with van der Waals surface area (Å²) in [4.78, 5) is 36.5. The maximum atomic E-state index is 12.5. The lowest BCUT2D eigenvalue weighted by molar-refractivity contribution is -0.150. The number of hydrogen-bond acceptors (Lipinski definition) is 5. The summed E-state index contributed by atoms with van der Waals surface area (Å²) in [6, 6.07) is 17.5. The van der Waals surface area contributed by atoms with Crippen molar-refractivity contribution in [2.75, 3.05) is 13.2 Å². The van der Waals surface area contributed by atoms with Gasteiger partial charge in [0.2, 0.25) is 0 Å². The fourth-order valence-corrected chi connectivity index (χ4v) is 2.64. The maximum absolute atomic E-state index is 12.5. The van der Waals surface area contributed by atoms with E-state index in [2.05, 4.69) is 10.6 Å². The van der Waals surface area contributed by atoms with Crippen molar-refractivity contribution in [2.45, 2.75) is 38.8 Å². The minimum Gasteiger partial charge on any atom is -0.454 e. The molecule has 0 fully saturated rings. The van der Waals surface area contributed by atoms with Gasteiger partial charge in [-0.25, -0.2) is 9.59 Å². The molecule has 0 aliphatic carbocycles. The van der Waals surface area contributed by atoms with Gasteiger partial charge in [-0.15, -0.1) is 0 Å². The van der Waals surface area contributed by atoms with Gasteiger partial charge in [0.15, 0.2) is 6.61 Å². The Labute approximate surface area is 176 Å². The Balaban J connectivity index is 1.91. The van der Waals surface area contributed by atoms with E-state index in [4.69, 9.17) is 9.47 Å². The van der Waals surface area contributed by atoms with Crippen LogP contribution in [0.25, 0.3) is 0 Å². The molecule has 160 valence electrons. The van der Waals surface area contributed by atoms with Crippen LogP contribution in [0.3, 0.4) is 0 Å². The van der Waals surface area contributed by atoms with Gasteiger partial charge in [0, 0.05) is 13.0 Å². The monoisotopic (exact) mass is 412 g/mol. The second-order valence-corrected chi connectivity index (χ2v) is 6.76. The molecule has 0 spiro atoms. The number of esters is 1. The fraction of sp³-hybridized carbons (Fsp3) is 0.348. The molecule has 1 atom stereocenters. The molecular formula is C23H28N2O5. The number of unbranched alkanes of at least 4 members (excludes halogenated alkanes) is 1. The third-order valence-corrected chi connectivity index (χ3v) is 4.27. The molecule has 0 bridgehead atoms. The van der Waals surface area contributed by atoms with Crippen LogP contribution in [0.4, 0.5) is 4.79 Å². The van der Waals surface area contributed by atoms with Crippen LogP contribution in [-0.4, -0.2) is 37.2 Å². The number of ether oxygens (including phenoxy) is 2. The highest BCUT2D eigenvalue weighted by atomic mass is 16.6. The molecule has 2 N–H and O–H groups in total. The normalized spacial score (nSPS) is 11.2. The average Bonchev–Trinajstić information content (AvgIpc) is 2.77. The molecule has 0 heterocycles. The second-order valence-electron chi connectivity index (χ2n) is 6.76. The van der Waals surface area contributed by atoms with E-state index in [1.807, 2.05) is 67.6 Å². The molecular weight excluding hydrogens is 384 g/mol. The Morgan fingerprint density at radius 2 is 1.53 bits per heavy atom. The van der Waals surface area contributed by atoms with E-state index in [1.54, 1.807) is 0 Å². The maximum Gasteiger partial charge on any atom is 0.408 e. The van der Waals surface area contributed by atoms with Crippen molar-refractivity contribution in [3.63, 3.8) is 0 Å². The van der Waals surface area contributed by atoms with Gasteiger partial charge >= 0.3 is 12.1 Å². The predicted octanol–water partition coefficient (Wildman–Crippen LogP) is 2.98. The molecule has 7 nitrogen and oxygen atoms in total. The molecule has 2 amide bonds. The average molecular weight is 412 g/mol. The van der Waals surface area contributed by atoms with Gasteiger partial charge in [-0.2, -0.15) is 0 Å². The molecule has 0 aromatic heterocycles. The molecule has 0 unspecified atom stereocenters. The number of alkyl carbamates (subject to hydrolysis) is 1. The van der Waals surface area contributed by atoms with Gasteiger partial charge in [-0.05, 0) is 17.5 Å². The highest BCUT2D eigenvalue weighted by molar-refractivity contribution is 5.85. The summed E-state index contributed by atoms with van der Waals surface area (Å²) in [5.74, 6) is -1.07. The van der Waals surface area contributed by atoms with Crippen LogP contribution in [0.5, 0.6) is 0 Å². The van der Waals surface area contributed by atoms with E-state index in [0.717, 1.165) is 24.0 Å². The van der Waals surface area contributed by atoms with Crippen LogP contribution in [0.2, 0.25) is 0 Å². The number of carbonyl (C=O) groups is 3. The third kappa shape index (κ3) is 8.77. The molecule has 0 saturated carbocycles. The van der Waals surface area contributed by atoms with Crippen molar-refractivity contribution in [1.29, 1.82) is 0 Å². The Hall–Kier alpha value is -3.35. The van der Waals surface area contributed by atoms with Gasteiger partial charge in [0.05, 0.1) is 0 Å². The lowest BCUT2D eigenvalue weighted by atomic mass is 10.1. The van der Waals surface area contributed by atoms with Gasteiger partial charge in [-0.1, -0.05) is 74.0 Å². The fourth-order valence-electron chi connectivity index (χ4n) is 2.64. The molecule has 0 radical (unpaired) electrons. The molecule has 2 rings (SSSR count). The number of amides is 2. The van der Waals surface area contributed by atoms with Crippen molar-refractivity contribution in [2.24, 2.45) is 0 Å². The largest absolute Gasteiger partial charge is 0.454 e. The summed E-state index contributed by atoms with van der Waals surface area (Å²) in [5.41, 5.74) is 1.67. The number of nitrogens with one attached hydrogen (secondary N) is 2. The SMILES string of the molecule is CCCCNC(=O)COC(=O)[C@H](Cc1ccccc1)NC(=O)OCc1ccccc1. The van der Waals surface area contributed by atoms with Gasteiger partial charge in [0.25, 0.3) is 5.91 Å². The molecule has 2 aromatic carbocycles. The lowest BCUT2D eigenvalue weighted by Crippen LogP contribution is -2.44. The van der Waals surface area contributed by atoms with E-state index < -0.39 is 24.7 Å². The third-order valence-electron chi connectivity index (χ3n) is 4.27. The summed E-state index contributed by atoms with van der Waals surface area (Å²) in [5, 5.41) is 5.22. The van der Waals surface area contributed by atoms with Crippen LogP contribution in [-0.2, 0) is 32.1 Å². The minimum atomic E-state index is -0.973. The first-order valence-corrected chi connectivity index (χ1v) is 10.0. The van der Waals surface area contributed by atoms with Crippen molar-refractivity contribution < 1.29 is 23.9 Å². The van der Waals surface area contributed by atoms with Gasteiger partial charge in [-0.3, -0.25) is 4.79 Å². The Morgan fingerprint density at radius 1 is 0.900 bits per heavy atom. The number of carbonyl (C=O) groups excluding carboxylic acids is 3. The zero-order valence-electron chi connectivity index (χ0n) is 17.1. The highest BCUT2D eigenvalue weighted by Crippen LogP contribution is 2.06. The van der Waals surface area contributed by atoms with Crippen LogP contribution in [0, 0.1) is 0 Å². The predicted molar refractivity (Wildman–Crippen MR) is 113 cm³/mol. The van der Waals surface area contributed by atoms with Gasteiger partial charge in [0.1, 0.15) is 12.6 Å². The smallest absolute Gasteiger partial charge is 0.408 e. The number of hydrogen-bond donors (Lipinski definition) is 2. The molecule has 0 saturated heterocycles. The first-order valence-electron chi connectivity index (χ1n) is 10.0. The molecule has 30 heavy (non-hydrogen) atoms. The molecule has 0 aliphatic rings. The Kier molecular flexibility index (Phi) is 9.92. The summed E-state index contributed by atoms with van der Waals surface area (Å²) in [6.07, 6.45) is 1.29. The van der Waals surface area contributed by atoms with Crippen molar-refractivity contribution in [3.8, 4) is 0 Å².